The Bertz CT molecular complexity index is 805. The van der Waals surface area contributed by atoms with Crippen LogP contribution >= 0.6 is 23.4 Å². The molecule has 1 unspecified atom stereocenters. The lowest BCUT2D eigenvalue weighted by molar-refractivity contribution is -0.119. The summed E-state index contributed by atoms with van der Waals surface area (Å²) < 4.78 is 0. The van der Waals surface area contributed by atoms with Gasteiger partial charge in [0.25, 0.3) is 5.91 Å². The number of carbonyl (C=O) groups excluding carboxylic acids is 2. The second-order valence-corrected chi connectivity index (χ2v) is 7.60. The van der Waals surface area contributed by atoms with Crippen LogP contribution in [-0.4, -0.2) is 34.4 Å². The number of thioether (sulfide) groups is 1. The molecule has 25 heavy (non-hydrogen) atoms. The van der Waals surface area contributed by atoms with E-state index < -0.39 is 6.04 Å². The molecule has 6 heteroatoms. The van der Waals surface area contributed by atoms with Crippen molar-refractivity contribution in [3.05, 3.63) is 64.2 Å². The van der Waals surface area contributed by atoms with Gasteiger partial charge < -0.3 is 10.2 Å². The summed E-state index contributed by atoms with van der Waals surface area (Å²) in [5.41, 5.74) is 3.43. The lowest BCUT2D eigenvalue weighted by atomic mass is 10.1. The number of hydrogen-bond acceptors (Lipinski definition) is 3. The van der Waals surface area contributed by atoms with Gasteiger partial charge in [0, 0.05) is 22.0 Å². The van der Waals surface area contributed by atoms with E-state index in [1.54, 1.807) is 40.9 Å². The quantitative estimate of drug-likeness (QED) is 0.879. The first-order valence-corrected chi connectivity index (χ1v) is 9.51. The molecule has 2 aromatic rings. The number of halogens is 1. The summed E-state index contributed by atoms with van der Waals surface area (Å²) in [6.07, 6.45) is 0. The van der Waals surface area contributed by atoms with Gasteiger partial charge in [0.1, 0.15) is 6.04 Å². The van der Waals surface area contributed by atoms with Crippen LogP contribution in [0.3, 0.4) is 0 Å². The molecule has 3 rings (SSSR count). The van der Waals surface area contributed by atoms with Gasteiger partial charge in [-0.1, -0.05) is 23.7 Å². The van der Waals surface area contributed by atoms with E-state index in [2.05, 4.69) is 11.4 Å². The highest BCUT2D eigenvalue weighted by Crippen LogP contribution is 2.25. The normalized spacial score (nSPS) is 16.8. The molecule has 1 saturated heterocycles. The van der Waals surface area contributed by atoms with Crippen LogP contribution in [0, 0.1) is 13.8 Å². The van der Waals surface area contributed by atoms with Crippen molar-refractivity contribution < 1.29 is 9.59 Å². The number of amides is 2. The topological polar surface area (TPSA) is 49.4 Å². The van der Waals surface area contributed by atoms with Crippen LogP contribution in [0.15, 0.2) is 42.5 Å². The summed E-state index contributed by atoms with van der Waals surface area (Å²) in [6, 6.07) is 12.2. The van der Waals surface area contributed by atoms with Crippen molar-refractivity contribution >= 4 is 40.9 Å². The number of rotatable bonds is 3. The highest BCUT2D eigenvalue weighted by Gasteiger charge is 2.35. The number of nitrogens with one attached hydrogen (secondary N) is 1. The van der Waals surface area contributed by atoms with Crippen molar-refractivity contribution in [2.24, 2.45) is 0 Å². The van der Waals surface area contributed by atoms with Gasteiger partial charge in [0.2, 0.25) is 5.91 Å². The predicted molar refractivity (Wildman–Crippen MR) is 103 cm³/mol. The Morgan fingerprint density at radius 2 is 1.88 bits per heavy atom. The molecule has 1 heterocycles. The van der Waals surface area contributed by atoms with Gasteiger partial charge in [0.15, 0.2) is 0 Å². The highest BCUT2D eigenvalue weighted by molar-refractivity contribution is 7.99. The van der Waals surface area contributed by atoms with E-state index in [1.807, 2.05) is 26.0 Å². The third kappa shape index (κ3) is 4.17. The average Bonchev–Trinajstić information content (AvgIpc) is 3.02. The monoisotopic (exact) mass is 374 g/mol. The molecule has 2 amide bonds. The molecule has 130 valence electrons. The zero-order valence-corrected chi connectivity index (χ0v) is 15.7. The van der Waals surface area contributed by atoms with E-state index in [1.165, 1.54) is 0 Å². The minimum absolute atomic E-state index is 0.162. The van der Waals surface area contributed by atoms with Crippen LogP contribution in [-0.2, 0) is 4.79 Å². The van der Waals surface area contributed by atoms with E-state index >= 15 is 0 Å². The third-order valence-corrected chi connectivity index (χ3v) is 5.25. The van der Waals surface area contributed by atoms with Crippen molar-refractivity contribution in [1.29, 1.82) is 0 Å². The number of hydrogen-bond donors (Lipinski definition) is 1. The second-order valence-electron chi connectivity index (χ2n) is 6.17. The number of anilines is 1. The Labute approximate surface area is 156 Å². The first-order chi connectivity index (χ1) is 11.9. The Kier molecular flexibility index (Phi) is 5.35. The molecule has 0 radical (unpaired) electrons. The molecular weight excluding hydrogens is 356 g/mol. The molecule has 0 bridgehead atoms. The van der Waals surface area contributed by atoms with E-state index in [0.717, 1.165) is 16.8 Å². The predicted octanol–water partition coefficient (Wildman–Crippen LogP) is 4.11. The maximum absolute atomic E-state index is 12.7. The van der Waals surface area contributed by atoms with Crippen molar-refractivity contribution in [3.8, 4) is 0 Å². The van der Waals surface area contributed by atoms with Crippen molar-refractivity contribution in [2.75, 3.05) is 16.9 Å². The summed E-state index contributed by atoms with van der Waals surface area (Å²) in [6.45, 7) is 3.98. The Hall–Kier alpha value is -1.98. The number of nitrogens with zero attached hydrogens (tertiary/aromatic N) is 1. The minimum atomic E-state index is -0.489. The summed E-state index contributed by atoms with van der Waals surface area (Å²) in [5, 5.41) is 3.45. The minimum Gasteiger partial charge on any atom is -0.324 e. The molecule has 0 saturated carbocycles. The first kappa shape index (κ1) is 17.8. The lowest BCUT2D eigenvalue weighted by Gasteiger charge is -2.23. The summed E-state index contributed by atoms with van der Waals surface area (Å²) >= 11 is 7.55. The SMILES string of the molecule is Cc1cc(C)cc(NC(=O)C2CSCN2C(=O)c2cccc(Cl)c2)c1. The molecule has 0 aliphatic carbocycles. The van der Waals surface area contributed by atoms with Gasteiger partial charge in [-0.05, 0) is 55.3 Å². The first-order valence-electron chi connectivity index (χ1n) is 7.97. The molecular formula is C19H19ClN2O2S. The lowest BCUT2D eigenvalue weighted by Crippen LogP contribution is -2.44. The van der Waals surface area contributed by atoms with Gasteiger partial charge >= 0.3 is 0 Å². The molecule has 1 fully saturated rings. The summed E-state index contributed by atoms with van der Waals surface area (Å²) in [5.74, 6) is 0.748. The van der Waals surface area contributed by atoms with E-state index in [-0.39, 0.29) is 11.8 Å². The molecule has 0 aromatic heterocycles. The molecule has 1 N–H and O–H groups in total. The Morgan fingerprint density at radius 1 is 1.16 bits per heavy atom. The van der Waals surface area contributed by atoms with Gasteiger partial charge in [-0.3, -0.25) is 9.59 Å². The molecule has 1 aliphatic rings. The van der Waals surface area contributed by atoms with E-state index in [0.29, 0.717) is 22.2 Å². The third-order valence-electron chi connectivity index (χ3n) is 4.01. The second kappa shape index (κ2) is 7.50. The maximum atomic E-state index is 12.7. The number of benzene rings is 2. The fourth-order valence-corrected chi connectivity index (χ4v) is 4.26. The summed E-state index contributed by atoms with van der Waals surface area (Å²) in [7, 11) is 0. The molecule has 4 nitrogen and oxygen atoms in total. The standard InChI is InChI=1S/C19H19ClN2O2S/c1-12-6-13(2)8-16(7-12)21-18(23)17-10-25-11-22(17)19(24)14-4-3-5-15(20)9-14/h3-9,17H,10-11H2,1-2H3,(H,21,23). The van der Waals surface area contributed by atoms with Crippen LogP contribution in [0.1, 0.15) is 21.5 Å². The Morgan fingerprint density at radius 3 is 2.56 bits per heavy atom. The smallest absolute Gasteiger partial charge is 0.255 e. The fraction of sp³-hybridized carbons (Fsp3) is 0.263. The van der Waals surface area contributed by atoms with Crippen molar-refractivity contribution in [1.82, 2.24) is 4.90 Å². The maximum Gasteiger partial charge on any atom is 0.255 e. The summed E-state index contributed by atoms with van der Waals surface area (Å²) in [4.78, 5) is 27.1. The van der Waals surface area contributed by atoms with Crippen LogP contribution in [0.25, 0.3) is 0 Å². The average molecular weight is 375 g/mol. The van der Waals surface area contributed by atoms with Crippen LogP contribution in [0.2, 0.25) is 5.02 Å². The zero-order valence-electron chi connectivity index (χ0n) is 14.1. The van der Waals surface area contributed by atoms with Gasteiger partial charge in [0.05, 0.1) is 5.88 Å². The number of carbonyl (C=O) groups is 2. The fourth-order valence-electron chi connectivity index (χ4n) is 2.92. The van der Waals surface area contributed by atoms with Crippen LogP contribution in [0.4, 0.5) is 5.69 Å². The van der Waals surface area contributed by atoms with Gasteiger partial charge in [-0.2, -0.15) is 0 Å². The molecule has 2 aromatic carbocycles. The van der Waals surface area contributed by atoms with Crippen molar-refractivity contribution in [2.45, 2.75) is 19.9 Å². The zero-order chi connectivity index (χ0) is 18.0. The van der Waals surface area contributed by atoms with Crippen LogP contribution in [0.5, 0.6) is 0 Å². The van der Waals surface area contributed by atoms with Gasteiger partial charge in [-0.25, -0.2) is 0 Å². The Balaban J connectivity index is 1.76. The molecule has 1 aliphatic heterocycles. The highest BCUT2D eigenvalue weighted by atomic mass is 35.5. The molecule has 0 spiro atoms. The van der Waals surface area contributed by atoms with Gasteiger partial charge in [-0.15, -0.1) is 11.8 Å². The number of aryl methyl sites for hydroxylation is 2. The van der Waals surface area contributed by atoms with E-state index in [9.17, 15) is 9.59 Å². The largest absolute Gasteiger partial charge is 0.324 e. The van der Waals surface area contributed by atoms with Crippen LogP contribution < -0.4 is 5.32 Å². The van der Waals surface area contributed by atoms with Crippen molar-refractivity contribution in [3.63, 3.8) is 0 Å². The van der Waals surface area contributed by atoms with E-state index in [4.69, 9.17) is 11.6 Å². The molecule has 1 atom stereocenters.